The zero-order valence-corrected chi connectivity index (χ0v) is 12.8. The number of amides is 1. The van der Waals surface area contributed by atoms with Crippen molar-refractivity contribution in [2.45, 2.75) is 12.5 Å². The quantitative estimate of drug-likeness (QED) is 0.768. The first-order valence-corrected chi connectivity index (χ1v) is 7.25. The van der Waals surface area contributed by atoms with Crippen molar-refractivity contribution in [3.8, 4) is 0 Å². The maximum Gasteiger partial charge on any atom is 0.246 e. The van der Waals surface area contributed by atoms with E-state index in [0.29, 0.717) is 24.8 Å². The molecule has 102 valence electrons. The van der Waals surface area contributed by atoms with Crippen LogP contribution in [0.3, 0.4) is 0 Å². The Bertz CT molecular complexity index is 472. The summed E-state index contributed by atoms with van der Waals surface area (Å²) in [6.45, 7) is 5.37. The summed E-state index contributed by atoms with van der Waals surface area (Å²) in [5.41, 5.74) is 0.969. The topological polar surface area (TPSA) is 29.5 Å². The van der Waals surface area contributed by atoms with Crippen LogP contribution in [0.25, 0.3) is 0 Å². The van der Waals surface area contributed by atoms with E-state index in [-0.39, 0.29) is 11.9 Å². The Hall–Kier alpha value is -0.840. The summed E-state index contributed by atoms with van der Waals surface area (Å²) in [6, 6.07) is 5.54. The van der Waals surface area contributed by atoms with Crippen LogP contribution in [0.1, 0.15) is 18.0 Å². The van der Waals surface area contributed by atoms with Gasteiger partial charge in [-0.25, -0.2) is 0 Å². The fourth-order valence-electron chi connectivity index (χ4n) is 2.20. The first-order valence-electron chi connectivity index (χ1n) is 6.08. The van der Waals surface area contributed by atoms with Gasteiger partial charge in [-0.1, -0.05) is 34.1 Å². The highest BCUT2D eigenvalue weighted by molar-refractivity contribution is 9.10. The van der Waals surface area contributed by atoms with Gasteiger partial charge in [-0.15, -0.1) is 0 Å². The van der Waals surface area contributed by atoms with E-state index in [9.17, 15) is 4.79 Å². The van der Waals surface area contributed by atoms with E-state index in [1.54, 1.807) is 4.90 Å². The molecule has 0 aromatic heterocycles. The average Bonchev–Trinajstić information content (AvgIpc) is 2.62. The van der Waals surface area contributed by atoms with Gasteiger partial charge >= 0.3 is 0 Å². The van der Waals surface area contributed by atoms with Crippen LogP contribution in [0.2, 0.25) is 5.02 Å². The second-order valence-corrected chi connectivity index (χ2v) is 5.73. The standard InChI is InChI=1S/C14H15BrClNO2/c1-2-14(18)17-4-3-5-19-9-13(17)10-6-11(15)8-12(16)7-10/h2,6-8,13H,1,3-5,9H2. The number of halogens is 2. The highest BCUT2D eigenvalue weighted by Gasteiger charge is 2.26. The normalized spacial score (nSPS) is 19.9. The van der Waals surface area contributed by atoms with Crippen molar-refractivity contribution in [3.63, 3.8) is 0 Å². The molecule has 1 amide bonds. The van der Waals surface area contributed by atoms with Gasteiger partial charge in [0.25, 0.3) is 0 Å². The summed E-state index contributed by atoms with van der Waals surface area (Å²) in [4.78, 5) is 13.8. The van der Waals surface area contributed by atoms with Gasteiger partial charge in [0.05, 0.1) is 12.6 Å². The van der Waals surface area contributed by atoms with E-state index in [4.69, 9.17) is 16.3 Å². The molecule has 1 saturated heterocycles. The summed E-state index contributed by atoms with van der Waals surface area (Å²) in [7, 11) is 0. The number of nitrogens with zero attached hydrogens (tertiary/aromatic N) is 1. The second kappa shape index (κ2) is 6.55. The molecule has 5 heteroatoms. The smallest absolute Gasteiger partial charge is 0.246 e. The molecular weight excluding hydrogens is 330 g/mol. The number of benzene rings is 1. The van der Waals surface area contributed by atoms with Gasteiger partial charge in [-0.3, -0.25) is 4.79 Å². The molecule has 2 rings (SSSR count). The first kappa shape index (κ1) is 14.6. The number of carbonyl (C=O) groups is 1. The third-order valence-electron chi connectivity index (χ3n) is 3.07. The van der Waals surface area contributed by atoms with Gasteiger partial charge < -0.3 is 9.64 Å². The van der Waals surface area contributed by atoms with Crippen molar-refractivity contribution in [1.29, 1.82) is 0 Å². The minimum absolute atomic E-state index is 0.0772. The Balaban J connectivity index is 2.36. The third-order valence-corrected chi connectivity index (χ3v) is 3.74. The molecule has 1 heterocycles. The molecule has 1 aliphatic rings. The van der Waals surface area contributed by atoms with Crippen molar-refractivity contribution >= 4 is 33.4 Å². The molecule has 1 aromatic carbocycles. The van der Waals surface area contributed by atoms with Gasteiger partial charge in [0.1, 0.15) is 0 Å². The van der Waals surface area contributed by atoms with E-state index < -0.39 is 0 Å². The van der Waals surface area contributed by atoms with Gasteiger partial charge in [-0.05, 0) is 36.3 Å². The average molecular weight is 345 g/mol. The molecule has 0 saturated carbocycles. The minimum atomic E-state index is -0.122. The highest BCUT2D eigenvalue weighted by Crippen LogP contribution is 2.29. The Morgan fingerprint density at radius 3 is 3.00 bits per heavy atom. The van der Waals surface area contributed by atoms with E-state index in [1.165, 1.54) is 6.08 Å². The number of hydrogen-bond donors (Lipinski definition) is 0. The zero-order valence-electron chi connectivity index (χ0n) is 10.4. The van der Waals surface area contributed by atoms with Crippen LogP contribution in [0.15, 0.2) is 35.3 Å². The van der Waals surface area contributed by atoms with Gasteiger partial charge in [0.15, 0.2) is 0 Å². The summed E-state index contributed by atoms with van der Waals surface area (Å²) < 4.78 is 6.47. The second-order valence-electron chi connectivity index (χ2n) is 4.38. The summed E-state index contributed by atoms with van der Waals surface area (Å²) in [5.74, 6) is -0.0772. The van der Waals surface area contributed by atoms with Crippen molar-refractivity contribution in [2.24, 2.45) is 0 Å². The van der Waals surface area contributed by atoms with E-state index in [1.807, 2.05) is 18.2 Å². The molecule has 0 bridgehead atoms. The Kier molecular flexibility index (Phi) is 5.02. The summed E-state index contributed by atoms with van der Waals surface area (Å²) in [6.07, 6.45) is 2.18. The van der Waals surface area contributed by atoms with Gasteiger partial charge in [-0.2, -0.15) is 0 Å². The predicted molar refractivity (Wildman–Crippen MR) is 79.2 cm³/mol. The molecule has 1 unspecified atom stereocenters. The first-order chi connectivity index (χ1) is 9.11. The van der Waals surface area contributed by atoms with Gasteiger partial charge in [0.2, 0.25) is 5.91 Å². The SMILES string of the molecule is C=CC(=O)N1CCCOCC1c1cc(Cl)cc(Br)c1. The van der Waals surface area contributed by atoms with Crippen molar-refractivity contribution in [3.05, 3.63) is 45.9 Å². The Labute approximate surface area is 126 Å². The monoisotopic (exact) mass is 343 g/mol. The lowest BCUT2D eigenvalue weighted by atomic mass is 10.1. The molecule has 1 fully saturated rings. The molecule has 0 N–H and O–H groups in total. The molecular formula is C14H15BrClNO2. The lowest BCUT2D eigenvalue weighted by molar-refractivity contribution is -0.128. The number of hydrogen-bond acceptors (Lipinski definition) is 2. The lowest BCUT2D eigenvalue weighted by Gasteiger charge is -2.29. The van der Waals surface area contributed by atoms with Crippen LogP contribution in [-0.2, 0) is 9.53 Å². The molecule has 1 atom stereocenters. The van der Waals surface area contributed by atoms with Crippen molar-refractivity contribution in [2.75, 3.05) is 19.8 Å². The molecule has 0 radical (unpaired) electrons. The maximum atomic E-state index is 12.0. The van der Waals surface area contributed by atoms with E-state index in [2.05, 4.69) is 22.5 Å². The summed E-state index contributed by atoms with van der Waals surface area (Å²) >= 11 is 9.50. The van der Waals surface area contributed by atoms with Crippen LogP contribution >= 0.6 is 27.5 Å². The molecule has 3 nitrogen and oxygen atoms in total. The minimum Gasteiger partial charge on any atom is -0.379 e. The third kappa shape index (κ3) is 3.59. The fourth-order valence-corrected chi connectivity index (χ4v) is 3.09. The Morgan fingerprint density at radius 1 is 1.53 bits per heavy atom. The van der Waals surface area contributed by atoms with Crippen LogP contribution in [0, 0.1) is 0 Å². The van der Waals surface area contributed by atoms with Crippen molar-refractivity contribution in [1.82, 2.24) is 4.90 Å². The molecule has 19 heavy (non-hydrogen) atoms. The van der Waals surface area contributed by atoms with Crippen molar-refractivity contribution < 1.29 is 9.53 Å². The zero-order chi connectivity index (χ0) is 13.8. The number of carbonyl (C=O) groups excluding carboxylic acids is 1. The number of rotatable bonds is 2. The largest absolute Gasteiger partial charge is 0.379 e. The predicted octanol–water partition coefficient (Wildman–Crippen LogP) is 3.58. The number of ether oxygens (including phenoxy) is 1. The lowest BCUT2D eigenvalue weighted by Crippen LogP contribution is -2.35. The molecule has 0 spiro atoms. The molecule has 0 aliphatic carbocycles. The van der Waals surface area contributed by atoms with Gasteiger partial charge in [0, 0.05) is 22.6 Å². The highest BCUT2D eigenvalue weighted by atomic mass is 79.9. The van der Waals surface area contributed by atoms with Crippen LogP contribution in [-0.4, -0.2) is 30.6 Å². The van der Waals surface area contributed by atoms with Crippen LogP contribution < -0.4 is 0 Å². The van der Waals surface area contributed by atoms with Crippen LogP contribution in [0.5, 0.6) is 0 Å². The fraction of sp³-hybridized carbons (Fsp3) is 0.357. The molecule has 1 aromatic rings. The van der Waals surface area contributed by atoms with E-state index in [0.717, 1.165) is 16.5 Å². The van der Waals surface area contributed by atoms with E-state index >= 15 is 0 Å². The summed E-state index contributed by atoms with van der Waals surface area (Å²) in [5, 5.41) is 0.639. The van der Waals surface area contributed by atoms with Crippen LogP contribution in [0.4, 0.5) is 0 Å². The maximum absolute atomic E-state index is 12.0. The molecule has 1 aliphatic heterocycles. The Morgan fingerprint density at radius 2 is 2.32 bits per heavy atom.